The lowest BCUT2D eigenvalue weighted by Crippen LogP contribution is -2.19. The van der Waals surface area contributed by atoms with E-state index < -0.39 is 11.6 Å². The van der Waals surface area contributed by atoms with E-state index in [1.165, 1.54) is 0 Å². The second kappa shape index (κ2) is 4.64. The molecule has 1 N–H and O–H groups in total. The Hall–Kier alpha value is -1.10. The molecule has 1 saturated carbocycles. The van der Waals surface area contributed by atoms with E-state index in [4.69, 9.17) is 0 Å². The molecule has 1 amide bonds. The van der Waals surface area contributed by atoms with Crippen LogP contribution >= 0.6 is 12.6 Å². The monoisotopic (exact) mass is 257 g/mol. The first-order valence-electron chi connectivity index (χ1n) is 5.40. The first kappa shape index (κ1) is 12.4. The molecule has 1 aliphatic rings. The van der Waals surface area contributed by atoms with Crippen LogP contribution in [0.25, 0.3) is 0 Å². The largest absolute Gasteiger partial charge is 0.323 e. The maximum absolute atomic E-state index is 13.3. The van der Waals surface area contributed by atoms with Crippen LogP contribution in [0.5, 0.6) is 0 Å². The average molecular weight is 257 g/mol. The van der Waals surface area contributed by atoms with Crippen molar-refractivity contribution in [2.45, 2.75) is 19.3 Å². The van der Waals surface area contributed by atoms with Gasteiger partial charge in [-0.25, -0.2) is 8.78 Å². The lowest BCUT2D eigenvalue weighted by Gasteiger charge is -2.12. The van der Waals surface area contributed by atoms with Crippen molar-refractivity contribution in [2.75, 3.05) is 11.1 Å². The summed E-state index contributed by atoms with van der Waals surface area (Å²) in [5, 5.41) is 2.39. The van der Waals surface area contributed by atoms with E-state index in [-0.39, 0.29) is 17.0 Å². The highest BCUT2D eigenvalue weighted by Gasteiger charge is 2.42. The Morgan fingerprint density at radius 2 is 2.12 bits per heavy atom. The van der Waals surface area contributed by atoms with Gasteiger partial charge in [0.2, 0.25) is 5.91 Å². The molecule has 5 heteroatoms. The molecule has 1 fully saturated rings. The maximum atomic E-state index is 13.3. The van der Waals surface area contributed by atoms with Crippen molar-refractivity contribution in [1.29, 1.82) is 0 Å². The average Bonchev–Trinajstić information content (AvgIpc) is 3.04. The fourth-order valence-corrected chi connectivity index (χ4v) is 2.12. The molecule has 1 aromatic rings. The maximum Gasteiger partial charge on any atom is 0.225 e. The summed E-state index contributed by atoms with van der Waals surface area (Å²) in [7, 11) is 0. The van der Waals surface area contributed by atoms with Gasteiger partial charge in [0, 0.05) is 12.5 Å². The fourth-order valence-electron chi connectivity index (χ4n) is 1.70. The van der Waals surface area contributed by atoms with Crippen LogP contribution in [-0.4, -0.2) is 11.7 Å². The van der Waals surface area contributed by atoms with E-state index in [9.17, 15) is 13.6 Å². The Kier molecular flexibility index (Phi) is 3.38. The molecule has 92 valence electrons. The normalized spacial score (nSPS) is 16.6. The molecular weight excluding hydrogens is 244 g/mol. The number of nitrogens with one attached hydrogen (secondary N) is 1. The summed E-state index contributed by atoms with van der Waals surface area (Å²) in [6, 6.07) is 2.99. The molecule has 0 aromatic heterocycles. The SMILES string of the molecule is O=C(CC1(CS)CC1)Nc1cc(F)ccc1F. The molecule has 2 rings (SSSR count). The van der Waals surface area contributed by atoms with E-state index in [1.54, 1.807) is 0 Å². The molecule has 2 nitrogen and oxygen atoms in total. The molecule has 0 radical (unpaired) electrons. The summed E-state index contributed by atoms with van der Waals surface area (Å²) in [4.78, 5) is 11.7. The van der Waals surface area contributed by atoms with Crippen LogP contribution in [-0.2, 0) is 4.79 Å². The van der Waals surface area contributed by atoms with Gasteiger partial charge in [0.1, 0.15) is 11.6 Å². The zero-order valence-corrected chi connectivity index (χ0v) is 10.1. The molecule has 0 atom stereocenters. The second-order valence-corrected chi connectivity index (χ2v) is 4.82. The number of thiol groups is 1. The summed E-state index contributed by atoms with van der Waals surface area (Å²) in [6.45, 7) is 0. The molecule has 1 aromatic carbocycles. The van der Waals surface area contributed by atoms with E-state index in [2.05, 4.69) is 17.9 Å². The first-order valence-corrected chi connectivity index (χ1v) is 6.04. The molecule has 0 spiro atoms. The summed E-state index contributed by atoms with van der Waals surface area (Å²) in [6.07, 6.45) is 2.25. The van der Waals surface area contributed by atoms with Crippen molar-refractivity contribution in [3.05, 3.63) is 29.8 Å². The first-order chi connectivity index (χ1) is 8.04. The van der Waals surface area contributed by atoms with Gasteiger partial charge < -0.3 is 5.32 Å². The Labute approximate surface area is 104 Å². The Morgan fingerprint density at radius 1 is 1.41 bits per heavy atom. The number of anilines is 1. The van der Waals surface area contributed by atoms with E-state index >= 15 is 0 Å². The number of hydrogen-bond acceptors (Lipinski definition) is 2. The highest BCUT2D eigenvalue weighted by molar-refractivity contribution is 7.80. The van der Waals surface area contributed by atoms with Gasteiger partial charge in [-0.2, -0.15) is 12.6 Å². The van der Waals surface area contributed by atoms with Gasteiger partial charge in [-0.3, -0.25) is 4.79 Å². The van der Waals surface area contributed by atoms with Gasteiger partial charge in [0.05, 0.1) is 5.69 Å². The summed E-state index contributed by atoms with van der Waals surface area (Å²) >= 11 is 4.19. The van der Waals surface area contributed by atoms with Gasteiger partial charge in [0.15, 0.2) is 0 Å². The van der Waals surface area contributed by atoms with Crippen molar-refractivity contribution in [3.8, 4) is 0 Å². The Morgan fingerprint density at radius 3 is 2.71 bits per heavy atom. The molecule has 0 saturated heterocycles. The number of rotatable bonds is 4. The summed E-state index contributed by atoms with van der Waals surface area (Å²) in [5.41, 5.74) is -0.137. The summed E-state index contributed by atoms with van der Waals surface area (Å²) in [5.74, 6) is -0.847. The van der Waals surface area contributed by atoms with Crippen LogP contribution in [0.3, 0.4) is 0 Å². The van der Waals surface area contributed by atoms with Crippen molar-refractivity contribution >= 4 is 24.2 Å². The second-order valence-electron chi connectivity index (χ2n) is 4.51. The van der Waals surface area contributed by atoms with Crippen LogP contribution < -0.4 is 5.32 Å². The Balaban J connectivity index is 2.00. The minimum atomic E-state index is -0.629. The van der Waals surface area contributed by atoms with Crippen LogP contribution in [0.4, 0.5) is 14.5 Å². The van der Waals surface area contributed by atoms with Gasteiger partial charge in [-0.05, 0) is 36.1 Å². The number of hydrogen-bond donors (Lipinski definition) is 2. The minimum absolute atomic E-state index is 0.0308. The third-order valence-electron chi connectivity index (χ3n) is 3.03. The lowest BCUT2D eigenvalue weighted by atomic mass is 10.1. The van der Waals surface area contributed by atoms with Crippen LogP contribution in [0, 0.1) is 17.0 Å². The number of amides is 1. The quantitative estimate of drug-likeness (QED) is 0.798. The number of halogens is 2. The molecule has 0 heterocycles. The van der Waals surface area contributed by atoms with Crippen molar-refractivity contribution < 1.29 is 13.6 Å². The van der Waals surface area contributed by atoms with Gasteiger partial charge in [-0.15, -0.1) is 0 Å². The zero-order valence-electron chi connectivity index (χ0n) is 9.17. The predicted molar refractivity (Wildman–Crippen MR) is 65.1 cm³/mol. The number of carbonyl (C=O) groups excluding carboxylic acids is 1. The molecular formula is C12H13F2NOS. The highest BCUT2D eigenvalue weighted by Crippen LogP contribution is 2.49. The Bertz CT molecular complexity index is 446. The third kappa shape index (κ3) is 2.97. The smallest absolute Gasteiger partial charge is 0.225 e. The lowest BCUT2D eigenvalue weighted by molar-refractivity contribution is -0.117. The van der Waals surface area contributed by atoms with Crippen molar-refractivity contribution in [2.24, 2.45) is 5.41 Å². The summed E-state index contributed by atoms with van der Waals surface area (Å²) < 4.78 is 26.1. The minimum Gasteiger partial charge on any atom is -0.323 e. The molecule has 17 heavy (non-hydrogen) atoms. The third-order valence-corrected chi connectivity index (χ3v) is 3.70. The standard InChI is InChI=1S/C12H13F2NOS/c13-8-1-2-9(14)10(5-8)15-11(16)6-12(7-17)3-4-12/h1-2,5,17H,3-4,6-7H2,(H,15,16). The number of carbonyl (C=O) groups is 1. The van der Waals surface area contributed by atoms with Crippen molar-refractivity contribution in [1.82, 2.24) is 0 Å². The zero-order chi connectivity index (χ0) is 12.5. The number of benzene rings is 1. The van der Waals surface area contributed by atoms with Crippen LogP contribution in [0.1, 0.15) is 19.3 Å². The van der Waals surface area contributed by atoms with Crippen LogP contribution in [0.2, 0.25) is 0 Å². The molecule has 0 aliphatic heterocycles. The van der Waals surface area contributed by atoms with E-state index in [0.29, 0.717) is 12.2 Å². The van der Waals surface area contributed by atoms with Crippen LogP contribution in [0.15, 0.2) is 18.2 Å². The highest BCUT2D eigenvalue weighted by atomic mass is 32.1. The van der Waals surface area contributed by atoms with Gasteiger partial charge in [-0.1, -0.05) is 0 Å². The predicted octanol–water partition coefficient (Wildman–Crippen LogP) is 3.00. The van der Waals surface area contributed by atoms with Gasteiger partial charge >= 0.3 is 0 Å². The topological polar surface area (TPSA) is 29.1 Å². The van der Waals surface area contributed by atoms with E-state index in [1.807, 2.05) is 0 Å². The van der Waals surface area contributed by atoms with Gasteiger partial charge in [0.25, 0.3) is 0 Å². The van der Waals surface area contributed by atoms with E-state index in [0.717, 1.165) is 31.0 Å². The molecule has 1 aliphatic carbocycles. The molecule has 0 unspecified atom stereocenters. The fraction of sp³-hybridized carbons (Fsp3) is 0.417. The van der Waals surface area contributed by atoms with Crippen molar-refractivity contribution in [3.63, 3.8) is 0 Å². The molecule has 0 bridgehead atoms.